The molecule has 0 aliphatic carbocycles. The van der Waals surface area contributed by atoms with E-state index in [0.717, 1.165) is 16.9 Å². The smallest absolute Gasteiger partial charge is 0.225 e. The molecule has 0 radical (unpaired) electrons. The molecule has 1 aromatic carbocycles. The van der Waals surface area contributed by atoms with Gasteiger partial charge in [-0.25, -0.2) is 0 Å². The third-order valence-corrected chi connectivity index (χ3v) is 3.81. The minimum absolute atomic E-state index is 0.0320. The van der Waals surface area contributed by atoms with Crippen LogP contribution in [0.5, 0.6) is 5.75 Å². The Kier molecular flexibility index (Phi) is 6.99. The van der Waals surface area contributed by atoms with Crippen molar-refractivity contribution in [3.63, 3.8) is 0 Å². The molecule has 2 rings (SSSR count). The van der Waals surface area contributed by atoms with Gasteiger partial charge in [0.2, 0.25) is 5.91 Å². The van der Waals surface area contributed by atoms with Gasteiger partial charge in [0.25, 0.3) is 0 Å². The van der Waals surface area contributed by atoms with E-state index in [2.05, 4.69) is 18.8 Å². The fourth-order valence-corrected chi connectivity index (χ4v) is 2.46. The van der Waals surface area contributed by atoms with Crippen LogP contribution in [0.1, 0.15) is 38.8 Å². The van der Waals surface area contributed by atoms with Crippen LogP contribution in [0.3, 0.4) is 0 Å². The number of amides is 1. The monoisotopic (exact) mass is 340 g/mol. The van der Waals surface area contributed by atoms with E-state index in [0.29, 0.717) is 25.6 Å². The Morgan fingerprint density at radius 3 is 2.04 bits per heavy atom. The highest BCUT2D eigenvalue weighted by atomic mass is 16.5. The molecule has 0 fully saturated rings. The first-order chi connectivity index (χ1) is 12.0. The van der Waals surface area contributed by atoms with Crippen LogP contribution in [0.15, 0.2) is 48.8 Å². The fourth-order valence-electron chi connectivity index (χ4n) is 2.46. The van der Waals surface area contributed by atoms with Crippen LogP contribution >= 0.6 is 0 Å². The Morgan fingerprint density at radius 2 is 1.52 bits per heavy atom. The van der Waals surface area contributed by atoms with E-state index in [1.54, 1.807) is 12.4 Å². The van der Waals surface area contributed by atoms with E-state index in [-0.39, 0.29) is 11.8 Å². The summed E-state index contributed by atoms with van der Waals surface area (Å²) in [7, 11) is 0. The minimum atomic E-state index is -0.0320. The quantitative estimate of drug-likeness (QED) is 0.719. The summed E-state index contributed by atoms with van der Waals surface area (Å²) in [6.45, 7) is 10.0. The number of carbonyl (C=O) groups excluding carboxylic acids is 1. The van der Waals surface area contributed by atoms with Crippen LogP contribution in [-0.2, 0) is 17.9 Å². The molecule has 1 aromatic heterocycles. The molecule has 0 N–H and O–H groups in total. The average molecular weight is 340 g/mol. The topological polar surface area (TPSA) is 42.4 Å². The van der Waals surface area contributed by atoms with Crippen molar-refractivity contribution < 1.29 is 9.53 Å². The van der Waals surface area contributed by atoms with Gasteiger partial charge in [0.05, 0.1) is 6.61 Å². The summed E-state index contributed by atoms with van der Waals surface area (Å²) in [6, 6.07) is 11.9. The number of hydrogen-bond donors (Lipinski definition) is 0. The predicted octanol–water partition coefficient (Wildman–Crippen LogP) is 4.30. The number of hydrogen-bond acceptors (Lipinski definition) is 3. The van der Waals surface area contributed by atoms with E-state index in [1.807, 2.05) is 55.1 Å². The molecule has 2 aromatic rings. The molecule has 4 nitrogen and oxygen atoms in total. The lowest BCUT2D eigenvalue weighted by Crippen LogP contribution is -2.33. The van der Waals surface area contributed by atoms with E-state index in [9.17, 15) is 4.79 Å². The maximum atomic E-state index is 12.6. The molecule has 0 unspecified atom stereocenters. The Balaban J connectivity index is 2.06. The second-order valence-electron chi connectivity index (χ2n) is 7.05. The molecule has 1 amide bonds. The van der Waals surface area contributed by atoms with Gasteiger partial charge < -0.3 is 9.64 Å². The second-order valence-corrected chi connectivity index (χ2v) is 7.05. The van der Waals surface area contributed by atoms with Crippen molar-refractivity contribution in [1.82, 2.24) is 9.88 Å². The zero-order chi connectivity index (χ0) is 18.2. The number of rotatable bonds is 8. The molecule has 0 spiro atoms. The SMILES string of the molecule is CC(C)COc1ccc(CN(Cc2ccncc2)C(=O)C(C)C)cc1. The molecule has 0 saturated carbocycles. The highest BCUT2D eigenvalue weighted by Crippen LogP contribution is 2.17. The maximum absolute atomic E-state index is 12.6. The lowest BCUT2D eigenvalue weighted by Gasteiger charge is -2.25. The van der Waals surface area contributed by atoms with E-state index in [4.69, 9.17) is 4.74 Å². The first-order valence-corrected chi connectivity index (χ1v) is 8.85. The number of pyridine rings is 1. The summed E-state index contributed by atoms with van der Waals surface area (Å²) in [6.07, 6.45) is 3.52. The number of nitrogens with zero attached hydrogens (tertiary/aromatic N) is 2. The molecule has 0 atom stereocenters. The van der Waals surface area contributed by atoms with Gasteiger partial charge in [-0.2, -0.15) is 0 Å². The van der Waals surface area contributed by atoms with Crippen LogP contribution < -0.4 is 4.74 Å². The second kappa shape index (κ2) is 9.21. The van der Waals surface area contributed by atoms with Gasteiger partial charge in [-0.05, 0) is 41.3 Å². The highest BCUT2D eigenvalue weighted by molar-refractivity contribution is 5.78. The highest BCUT2D eigenvalue weighted by Gasteiger charge is 2.17. The van der Waals surface area contributed by atoms with E-state index >= 15 is 0 Å². The van der Waals surface area contributed by atoms with E-state index < -0.39 is 0 Å². The molecule has 0 bridgehead atoms. The third kappa shape index (κ3) is 6.22. The largest absolute Gasteiger partial charge is 0.493 e. The Hall–Kier alpha value is -2.36. The lowest BCUT2D eigenvalue weighted by molar-refractivity contribution is -0.135. The molecule has 0 aliphatic rings. The zero-order valence-corrected chi connectivity index (χ0v) is 15.6. The van der Waals surface area contributed by atoms with Gasteiger partial charge in [0, 0.05) is 31.4 Å². The summed E-state index contributed by atoms with van der Waals surface area (Å²) in [5.41, 5.74) is 2.18. The van der Waals surface area contributed by atoms with Crippen molar-refractivity contribution in [2.75, 3.05) is 6.61 Å². The Bertz CT molecular complexity index is 651. The van der Waals surface area contributed by atoms with Crippen molar-refractivity contribution in [2.45, 2.75) is 40.8 Å². The van der Waals surface area contributed by atoms with Crippen molar-refractivity contribution in [3.8, 4) is 5.75 Å². The molecule has 25 heavy (non-hydrogen) atoms. The number of aromatic nitrogens is 1. The Morgan fingerprint density at radius 1 is 0.960 bits per heavy atom. The van der Waals surface area contributed by atoms with Gasteiger partial charge in [0.15, 0.2) is 0 Å². The van der Waals surface area contributed by atoms with Crippen LogP contribution in [-0.4, -0.2) is 22.4 Å². The molecule has 1 heterocycles. The van der Waals surface area contributed by atoms with Crippen LogP contribution in [0.2, 0.25) is 0 Å². The first-order valence-electron chi connectivity index (χ1n) is 8.85. The van der Waals surface area contributed by atoms with Crippen molar-refractivity contribution in [3.05, 3.63) is 59.9 Å². The molecule has 134 valence electrons. The standard InChI is InChI=1S/C21H28N2O2/c1-16(2)15-25-20-7-5-18(6-8-20)13-23(21(24)17(3)4)14-19-9-11-22-12-10-19/h5-12,16-17H,13-15H2,1-4H3. The average Bonchev–Trinajstić information content (AvgIpc) is 2.60. The predicted molar refractivity (Wildman–Crippen MR) is 100 cm³/mol. The fraction of sp³-hybridized carbons (Fsp3) is 0.429. The summed E-state index contributed by atoms with van der Waals surface area (Å²) in [4.78, 5) is 18.5. The normalized spacial score (nSPS) is 11.0. The zero-order valence-electron chi connectivity index (χ0n) is 15.6. The maximum Gasteiger partial charge on any atom is 0.225 e. The van der Waals surface area contributed by atoms with Crippen LogP contribution in [0.4, 0.5) is 0 Å². The first kappa shape index (κ1) is 19.0. The van der Waals surface area contributed by atoms with Gasteiger partial charge in [0.1, 0.15) is 5.75 Å². The number of benzene rings is 1. The summed E-state index contributed by atoms with van der Waals surface area (Å²) >= 11 is 0. The minimum Gasteiger partial charge on any atom is -0.493 e. The molecular weight excluding hydrogens is 312 g/mol. The van der Waals surface area contributed by atoms with Gasteiger partial charge in [-0.3, -0.25) is 9.78 Å². The van der Waals surface area contributed by atoms with Gasteiger partial charge in [-0.15, -0.1) is 0 Å². The summed E-state index contributed by atoms with van der Waals surface area (Å²) in [5, 5.41) is 0. The van der Waals surface area contributed by atoms with Crippen molar-refractivity contribution >= 4 is 5.91 Å². The number of carbonyl (C=O) groups is 1. The molecule has 4 heteroatoms. The summed E-state index contributed by atoms with van der Waals surface area (Å²) < 4.78 is 5.72. The lowest BCUT2D eigenvalue weighted by atomic mass is 10.1. The van der Waals surface area contributed by atoms with Crippen LogP contribution in [0.25, 0.3) is 0 Å². The van der Waals surface area contributed by atoms with Crippen LogP contribution in [0, 0.1) is 11.8 Å². The van der Waals surface area contributed by atoms with Crippen molar-refractivity contribution in [2.24, 2.45) is 11.8 Å². The van der Waals surface area contributed by atoms with E-state index in [1.165, 1.54) is 0 Å². The van der Waals surface area contributed by atoms with Crippen molar-refractivity contribution in [1.29, 1.82) is 0 Å². The molecule has 0 aliphatic heterocycles. The van der Waals surface area contributed by atoms with Gasteiger partial charge in [-0.1, -0.05) is 39.8 Å². The molecule has 0 saturated heterocycles. The van der Waals surface area contributed by atoms with Gasteiger partial charge >= 0.3 is 0 Å². The summed E-state index contributed by atoms with van der Waals surface area (Å²) in [5.74, 6) is 1.49. The third-order valence-electron chi connectivity index (χ3n) is 3.81. The number of ether oxygens (including phenoxy) is 1. The molecular formula is C21H28N2O2. The Labute approximate surface area is 150 Å².